The molecule has 2 aromatic rings. The van der Waals surface area contributed by atoms with Gasteiger partial charge in [-0.2, -0.15) is 0 Å². The van der Waals surface area contributed by atoms with E-state index in [-0.39, 0.29) is 5.91 Å². The summed E-state index contributed by atoms with van der Waals surface area (Å²) in [7, 11) is 0. The number of thiophene rings is 1. The van der Waals surface area contributed by atoms with Crippen molar-refractivity contribution in [1.82, 2.24) is 9.88 Å². The number of hydrogen-bond acceptors (Lipinski definition) is 4. The molecule has 1 saturated heterocycles. The second-order valence-corrected chi connectivity index (χ2v) is 7.92. The van der Waals surface area contributed by atoms with Gasteiger partial charge in [0.25, 0.3) is 0 Å². The van der Waals surface area contributed by atoms with Crippen molar-refractivity contribution in [3.8, 4) is 0 Å². The van der Waals surface area contributed by atoms with E-state index in [1.54, 1.807) is 18.3 Å². The van der Waals surface area contributed by atoms with E-state index in [1.165, 1.54) is 28.9 Å². The average molecular weight is 356 g/mol. The van der Waals surface area contributed by atoms with Crippen molar-refractivity contribution >= 4 is 28.3 Å². The van der Waals surface area contributed by atoms with Gasteiger partial charge in [-0.05, 0) is 63.1 Å². The van der Waals surface area contributed by atoms with Crippen molar-refractivity contribution < 1.29 is 4.79 Å². The van der Waals surface area contributed by atoms with Crippen LogP contribution in [0.2, 0.25) is 0 Å². The molecule has 3 rings (SSSR count). The van der Waals surface area contributed by atoms with E-state index in [4.69, 9.17) is 0 Å². The molecule has 132 valence electrons. The number of rotatable bonds is 4. The molecule has 4 nitrogen and oxygen atoms in total. The number of amides is 1. The summed E-state index contributed by atoms with van der Waals surface area (Å²) in [5, 5.41) is 3.79. The lowest BCUT2D eigenvalue weighted by Crippen LogP contribution is -2.30. The Kier molecular flexibility index (Phi) is 5.66. The predicted octanol–water partition coefficient (Wildman–Crippen LogP) is 4.40. The minimum atomic E-state index is -0.0143. The molecule has 0 bridgehead atoms. The molecular weight excluding hydrogens is 330 g/mol. The van der Waals surface area contributed by atoms with Gasteiger partial charge >= 0.3 is 0 Å². The average Bonchev–Trinajstić information content (AvgIpc) is 2.92. The van der Waals surface area contributed by atoms with Crippen molar-refractivity contribution in [3.05, 3.63) is 51.7 Å². The van der Waals surface area contributed by atoms with Crippen LogP contribution in [0.3, 0.4) is 0 Å². The van der Waals surface area contributed by atoms with Crippen molar-refractivity contribution in [2.45, 2.75) is 40.2 Å². The number of likely N-dealkylation sites (tertiary alicyclic amines) is 1. The second-order valence-electron chi connectivity index (χ2n) is 6.75. The third kappa shape index (κ3) is 5.25. The molecule has 0 aliphatic carbocycles. The lowest BCUT2D eigenvalue weighted by atomic mass is 10.0. The van der Waals surface area contributed by atoms with Gasteiger partial charge in [-0.1, -0.05) is 11.6 Å². The number of aromatic nitrogens is 1. The lowest BCUT2D eigenvalue weighted by molar-refractivity contribution is -0.114. The molecule has 1 amide bonds. The maximum atomic E-state index is 11.2. The zero-order valence-corrected chi connectivity index (χ0v) is 15.9. The van der Waals surface area contributed by atoms with Gasteiger partial charge in [-0.25, -0.2) is 0 Å². The van der Waals surface area contributed by atoms with E-state index in [0.717, 1.165) is 36.0 Å². The summed E-state index contributed by atoms with van der Waals surface area (Å²) < 4.78 is 0. The number of anilines is 1. The molecule has 1 aliphatic rings. The highest BCUT2D eigenvalue weighted by Crippen LogP contribution is 2.26. The van der Waals surface area contributed by atoms with E-state index >= 15 is 0 Å². The van der Waals surface area contributed by atoms with Gasteiger partial charge in [-0.3, -0.25) is 14.7 Å². The maximum absolute atomic E-state index is 11.2. The standard InChI is InChI=1S/C20H25N3OS/c1-14-9-18(10-15(2)21-14)11-17-5-4-8-23(12-17)13-19-6-7-20(25-19)22-16(3)24/h6-7,9-11H,4-5,8,12-13H2,1-3H3,(H,22,24)/b17-11+. The van der Waals surface area contributed by atoms with Gasteiger partial charge in [0.15, 0.2) is 0 Å². The van der Waals surface area contributed by atoms with Crippen molar-refractivity contribution in [2.24, 2.45) is 0 Å². The number of carbonyl (C=O) groups excluding carboxylic acids is 1. The van der Waals surface area contributed by atoms with E-state index in [2.05, 4.69) is 39.5 Å². The molecule has 0 unspecified atom stereocenters. The lowest BCUT2D eigenvalue weighted by Gasteiger charge is -2.28. The summed E-state index contributed by atoms with van der Waals surface area (Å²) in [5.74, 6) is -0.0143. The highest BCUT2D eigenvalue weighted by Gasteiger charge is 2.15. The number of nitrogens with one attached hydrogen (secondary N) is 1. The molecule has 3 heterocycles. The maximum Gasteiger partial charge on any atom is 0.221 e. The summed E-state index contributed by atoms with van der Waals surface area (Å²) in [5.41, 5.74) is 4.88. The summed E-state index contributed by atoms with van der Waals surface area (Å²) in [6.07, 6.45) is 4.68. The Hall–Kier alpha value is -1.98. The summed E-state index contributed by atoms with van der Waals surface area (Å²) in [4.78, 5) is 19.4. The first-order valence-corrected chi connectivity index (χ1v) is 9.53. The Morgan fingerprint density at radius 3 is 2.80 bits per heavy atom. The Balaban J connectivity index is 1.65. The fourth-order valence-electron chi connectivity index (χ4n) is 3.34. The van der Waals surface area contributed by atoms with Crippen LogP contribution in [0.25, 0.3) is 6.08 Å². The fourth-order valence-corrected chi connectivity index (χ4v) is 4.33. The molecule has 1 fully saturated rings. The van der Waals surface area contributed by atoms with Crippen LogP contribution < -0.4 is 5.32 Å². The molecule has 2 aromatic heterocycles. The van der Waals surface area contributed by atoms with Gasteiger partial charge in [0.05, 0.1) is 5.00 Å². The first-order chi connectivity index (χ1) is 12.0. The minimum Gasteiger partial charge on any atom is -0.318 e. The van der Waals surface area contributed by atoms with Crippen LogP contribution in [0.15, 0.2) is 29.8 Å². The van der Waals surface area contributed by atoms with Crippen molar-refractivity contribution in [3.63, 3.8) is 0 Å². The molecule has 0 radical (unpaired) electrons. The summed E-state index contributed by atoms with van der Waals surface area (Å²) in [6, 6.07) is 8.41. The third-order valence-electron chi connectivity index (χ3n) is 4.21. The number of aryl methyl sites for hydroxylation is 2. The van der Waals surface area contributed by atoms with Crippen LogP contribution in [-0.4, -0.2) is 28.9 Å². The van der Waals surface area contributed by atoms with Crippen molar-refractivity contribution in [1.29, 1.82) is 0 Å². The second kappa shape index (κ2) is 7.93. The van der Waals surface area contributed by atoms with E-state index in [1.807, 2.05) is 19.9 Å². The molecule has 0 spiro atoms. The molecule has 5 heteroatoms. The zero-order valence-electron chi connectivity index (χ0n) is 15.1. The third-order valence-corrected chi connectivity index (χ3v) is 5.20. The van der Waals surface area contributed by atoms with Crippen LogP contribution in [0, 0.1) is 13.8 Å². The number of nitrogens with zero attached hydrogens (tertiary/aromatic N) is 2. The zero-order chi connectivity index (χ0) is 17.8. The largest absolute Gasteiger partial charge is 0.318 e. The normalized spacial score (nSPS) is 17.0. The first-order valence-electron chi connectivity index (χ1n) is 8.71. The highest BCUT2D eigenvalue weighted by molar-refractivity contribution is 7.16. The fraction of sp³-hybridized carbons (Fsp3) is 0.400. The quantitative estimate of drug-likeness (QED) is 0.884. The monoisotopic (exact) mass is 355 g/mol. The number of piperidine rings is 1. The van der Waals surface area contributed by atoms with Gasteiger partial charge in [0, 0.05) is 36.3 Å². The molecule has 25 heavy (non-hydrogen) atoms. The van der Waals surface area contributed by atoms with E-state index < -0.39 is 0 Å². The number of pyridine rings is 1. The molecule has 0 aromatic carbocycles. The molecule has 0 atom stereocenters. The van der Waals surface area contributed by atoms with Crippen molar-refractivity contribution in [2.75, 3.05) is 18.4 Å². The van der Waals surface area contributed by atoms with Crippen LogP contribution >= 0.6 is 11.3 Å². The Labute approximate surface area is 153 Å². The molecule has 1 N–H and O–H groups in total. The van der Waals surface area contributed by atoms with Gasteiger partial charge in [0.1, 0.15) is 0 Å². The predicted molar refractivity (Wildman–Crippen MR) is 105 cm³/mol. The number of hydrogen-bond donors (Lipinski definition) is 1. The van der Waals surface area contributed by atoms with Gasteiger partial charge < -0.3 is 5.32 Å². The van der Waals surface area contributed by atoms with Crippen LogP contribution in [-0.2, 0) is 11.3 Å². The summed E-state index contributed by atoms with van der Waals surface area (Å²) in [6.45, 7) is 8.71. The Morgan fingerprint density at radius 2 is 2.08 bits per heavy atom. The molecular formula is C20H25N3OS. The Morgan fingerprint density at radius 1 is 1.32 bits per heavy atom. The van der Waals surface area contributed by atoms with Crippen LogP contribution in [0.4, 0.5) is 5.00 Å². The SMILES string of the molecule is CC(=O)Nc1ccc(CN2CCC/C(=C\c3cc(C)nc(C)c3)C2)s1. The van der Waals surface area contributed by atoms with E-state index in [9.17, 15) is 4.79 Å². The number of carbonyl (C=O) groups is 1. The topological polar surface area (TPSA) is 45.2 Å². The molecule has 0 saturated carbocycles. The Bertz CT molecular complexity index is 774. The van der Waals surface area contributed by atoms with Crippen LogP contribution in [0.5, 0.6) is 0 Å². The summed E-state index contributed by atoms with van der Waals surface area (Å²) >= 11 is 1.66. The molecule has 1 aliphatic heterocycles. The highest BCUT2D eigenvalue weighted by atomic mass is 32.1. The minimum absolute atomic E-state index is 0.0143. The van der Waals surface area contributed by atoms with Gasteiger partial charge in [-0.15, -0.1) is 11.3 Å². The first kappa shape index (κ1) is 17.8. The van der Waals surface area contributed by atoms with E-state index in [0.29, 0.717) is 0 Å². The van der Waals surface area contributed by atoms with Gasteiger partial charge in [0.2, 0.25) is 5.91 Å². The smallest absolute Gasteiger partial charge is 0.221 e. The van der Waals surface area contributed by atoms with Crippen LogP contribution in [0.1, 0.15) is 41.6 Å².